The van der Waals surface area contributed by atoms with E-state index < -0.39 is 28.7 Å². The average Bonchev–Trinajstić information content (AvgIpc) is 2.72. The first-order valence-electron chi connectivity index (χ1n) is 9.58. The number of hydrogen-bond donors (Lipinski definition) is 2. The predicted octanol–water partition coefficient (Wildman–Crippen LogP) is 2.82. The van der Waals surface area contributed by atoms with E-state index in [4.69, 9.17) is 9.47 Å². The number of hydrogen-bond acceptors (Lipinski definition) is 9. The maximum absolute atomic E-state index is 12.8. The Labute approximate surface area is 190 Å². The number of carbonyl (C=O) groups is 3. The van der Waals surface area contributed by atoms with Crippen LogP contribution in [0.3, 0.4) is 0 Å². The fourth-order valence-corrected chi connectivity index (χ4v) is 4.06. The summed E-state index contributed by atoms with van der Waals surface area (Å²) < 4.78 is 9.91. The second kappa shape index (κ2) is 9.86. The van der Waals surface area contributed by atoms with E-state index in [-0.39, 0.29) is 45.9 Å². The normalized spacial score (nSPS) is 16.2. The third-order valence-electron chi connectivity index (χ3n) is 5.39. The molecule has 0 saturated heterocycles. The van der Waals surface area contributed by atoms with E-state index in [1.54, 1.807) is 27.8 Å². The van der Waals surface area contributed by atoms with Gasteiger partial charge in [0.25, 0.3) is 5.69 Å². The van der Waals surface area contributed by atoms with E-state index >= 15 is 0 Å². The van der Waals surface area contributed by atoms with Gasteiger partial charge in [-0.05, 0) is 31.9 Å². The average molecular weight is 464 g/mol. The number of rotatable bonds is 7. The van der Waals surface area contributed by atoms with Crippen molar-refractivity contribution in [1.29, 1.82) is 0 Å². The van der Waals surface area contributed by atoms with Crippen molar-refractivity contribution >= 4 is 36.2 Å². The first-order chi connectivity index (χ1) is 15.0. The summed E-state index contributed by atoms with van der Waals surface area (Å²) in [5.41, 5.74) is 0.545. The third kappa shape index (κ3) is 4.62. The van der Waals surface area contributed by atoms with E-state index in [0.29, 0.717) is 11.4 Å². The largest absolute Gasteiger partial charge is 0.478 e. The Morgan fingerprint density at radius 2 is 1.81 bits per heavy atom. The van der Waals surface area contributed by atoms with Gasteiger partial charge in [-0.15, -0.1) is 12.6 Å². The minimum absolute atomic E-state index is 0.00339. The zero-order chi connectivity index (χ0) is 24.3. The Kier molecular flexibility index (Phi) is 7.68. The lowest BCUT2D eigenvalue weighted by molar-refractivity contribution is -0.385. The summed E-state index contributed by atoms with van der Waals surface area (Å²) in [5, 5.41) is 21.5. The van der Waals surface area contributed by atoms with Gasteiger partial charge in [-0.2, -0.15) is 0 Å². The topological polar surface area (TPSA) is 136 Å². The first-order valence-corrected chi connectivity index (χ1v) is 10.0. The number of benzene rings is 1. The Bertz CT molecular complexity index is 1060. The smallest absolute Gasteiger partial charge is 0.336 e. The lowest BCUT2D eigenvalue weighted by Crippen LogP contribution is -2.33. The molecule has 0 aromatic heterocycles. The molecule has 0 spiro atoms. The van der Waals surface area contributed by atoms with Crippen molar-refractivity contribution in [2.45, 2.75) is 38.0 Å². The molecule has 0 amide bonds. The zero-order valence-electron chi connectivity index (χ0n) is 18.3. The minimum atomic E-state index is -1.32. The lowest BCUT2D eigenvalue weighted by atomic mass is 9.77. The number of nitro benzene ring substituents is 1. The first kappa shape index (κ1) is 24.9. The molecule has 0 radical (unpaired) electrons. The molecular formula is C21H24N2O8S. The van der Waals surface area contributed by atoms with Gasteiger partial charge < -0.3 is 19.5 Å². The molecule has 1 atom stereocenters. The highest BCUT2D eigenvalue weighted by atomic mass is 32.1. The zero-order valence-corrected chi connectivity index (χ0v) is 19.2. The number of methoxy groups -OCH3 is 1. The van der Waals surface area contributed by atoms with Crippen LogP contribution in [-0.4, -0.2) is 53.6 Å². The molecule has 2 rings (SSSR count). The monoisotopic (exact) mass is 464 g/mol. The van der Waals surface area contributed by atoms with Crippen molar-refractivity contribution in [2.24, 2.45) is 0 Å². The maximum Gasteiger partial charge on any atom is 0.336 e. The molecular weight excluding hydrogens is 440 g/mol. The Morgan fingerprint density at radius 1 is 1.22 bits per heavy atom. The molecule has 0 fully saturated rings. The molecule has 32 heavy (non-hydrogen) atoms. The molecule has 1 aliphatic rings. The van der Waals surface area contributed by atoms with Crippen LogP contribution < -0.4 is 0 Å². The standard InChI is InChI=1S/C21H24N2O8S/c1-6-31-16(24)9-13-14(7-12(23(28)29)8-15(13)32)19-17(20(25)26)10(2)22(4)11(3)18(19)21(27)30-5/h7-8,19,32H,6,9H2,1-5H3,(H,25,26). The fourth-order valence-electron chi connectivity index (χ4n) is 3.71. The van der Waals surface area contributed by atoms with Gasteiger partial charge in [0.1, 0.15) is 0 Å². The van der Waals surface area contributed by atoms with Crippen LogP contribution in [0.2, 0.25) is 0 Å². The van der Waals surface area contributed by atoms with Crippen LogP contribution in [0.15, 0.2) is 39.6 Å². The predicted molar refractivity (Wildman–Crippen MR) is 116 cm³/mol. The van der Waals surface area contributed by atoms with E-state index in [0.717, 1.165) is 13.2 Å². The number of carboxylic acid groups (broad SMARTS) is 1. The van der Waals surface area contributed by atoms with Crippen molar-refractivity contribution < 1.29 is 33.9 Å². The van der Waals surface area contributed by atoms with E-state index in [1.165, 1.54) is 11.0 Å². The number of aliphatic carboxylic acids is 1. The van der Waals surface area contributed by atoms with Crippen LogP contribution in [-0.2, 0) is 30.3 Å². The van der Waals surface area contributed by atoms with E-state index in [9.17, 15) is 29.6 Å². The van der Waals surface area contributed by atoms with Crippen molar-refractivity contribution in [3.8, 4) is 0 Å². The maximum atomic E-state index is 12.8. The Balaban J connectivity index is 2.95. The molecule has 1 unspecified atom stereocenters. The summed E-state index contributed by atoms with van der Waals surface area (Å²) in [6, 6.07) is 2.33. The quantitative estimate of drug-likeness (QED) is 0.270. The Morgan fingerprint density at radius 3 is 2.31 bits per heavy atom. The highest BCUT2D eigenvalue weighted by Crippen LogP contribution is 2.45. The van der Waals surface area contributed by atoms with E-state index in [2.05, 4.69) is 12.6 Å². The number of nitro groups is 1. The van der Waals surface area contributed by atoms with Gasteiger partial charge in [0, 0.05) is 35.5 Å². The van der Waals surface area contributed by atoms with Gasteiger partial charge in [0.05, 0.1) is 42.1 Å². The minimum Gasteiger partial charge on any atom is -0.478 e. The van der Waals surface area contributed by atoms with Gasteiger partial charge in [-0.25, -0.2) is 9.59 Å². The summed E-state index contributed by atoms with van der Waals surface area (Å²) in [7, 11) is 2.76. The van der Waals surface area contributed by atoms with Crippen molar-refractivity contribution in [2.75, 3.05) is 20.8 Å². The van der Waals surface area contributed by atoms with Crippen LogP contribution in [0, 0.1) is 10.1 Å². The van der Waals surface area contributed by atoms with Crippen molar-refractivity contribution in [1.82, 2.24) is 4.90 Å². The number of carbonyl (C=O) groups excluding carboxylic acids is 2. The van der Waals surface area contributed by atoms with Gasteiger partial charge in [0.2, 0.25) is 0 Å². The summed E-state index contributed by atoms with van der Waals surface area (Å²) >= 11 is 4.32. The van der Waals surface area contributed by atoms with Crippen molar-refractivity contribution in [3.05, 3.63) is 55.9 Å². The highest BCUT2D eigenvalue weighted by Gasteiger charge is 2.41. The number of thiol groups is 1. The number of ether oxygens (including phenoxy) is 2. The van der Waals surface area contributed by atoms with Gasteiger partial charge in [0.15, 0.2) is 0 Å². The lowest BCUT2D eigenvalue weighted by Gasteiger charge is -2.35. The molecule has 1 aromatic rings. The molecule has 11 heteroatoms. The second-order valence-corrected chi connectivity index (χ2v) is 7.54. The molecule has 0 bridgehead atoms. The second-order valence-electron chi connectivity index (χ2n) is 7.06. The van der Waals surface area contributed by atoms with Gasteiger partial charge >= 0.3 is 17.9 Å². The molecule has 172 valence electrons. The number of esters is 2. The number of non-ortho nitro benzene ring substituents is 1. The molecule has 1 N–H and O–H groups in total. The molecule has 0 aliphatic carbocycles. The molecule has 10 nitrogen and oxygen atoms in total. The third-order valence-corrected chi connectivity index (χ3v) is 5.79. The number of carboxylic acids is 1. The highest BCUT2D eigenvalue weighted by molar-refractivity contribution is 7.80. The Hall–Kier alpha value is -3.34. The van der Waals surface area contributed by atoms with Crippen LogP contribution in [0.5, 0.6) is 0 Å². The van der Waals surface area contributed by atoms with Crippen LogP contribution in [0.25, 0.3) is 0 Å². The molecule has 1 aliphatic heterocycles. The molecule has 1 heterocycles. The van der Waals surface area contributed by atoms with Crippen LogP contribution >= 0.6 is 12.6 Å². The van der Waals surface area contributed by atoms with Crippen LogP contribution in [0.1, 0.15) is 37.8 Å². The SMILES string of the molecule is CCOC(=O)Cc1c(S)cc([N+](=O)[O-])cc1C1C(C(=O)O)=C(C)N(C)C(C)=C1C(=O)OC. The number of allylic oxidation sites excluding steroid dienone is 2. The van der Waals surface area contributed by atoms with Crippen LogP contribution in [0.4, 0.5) is 5.69 Å². The molecule has 1 aromatic carbocycles. The van der Waals surface area contributed by atoms with E-state index in [1.807, 2.05) is 0 Å². The fraction of sp³-hybridized carbons (Fsp3) is 0.381. The number of nitrogens with zero attached hydrogens (tertiary/aromatic N) is 2. The van der Waals surface area contributed by atoms with Crippen molar-refractivity contribution in [3.63, 3.8) is 0 Å². The van der Waals surface area contributed by atoms with Gasteiger partial charge in [-0.1, -0.05) is 0 Å². The van der Waals surface area contributed by atoms with Gasteiger partial charge in [-0.3, -0.25) is 14.9 Å². The summed E-state index contributed by atoms with van der Waals surface area (Å²) in [5.74, 6) is -3.96. The molecule has 0 saturated carbocycles. The summed E-state index contributed by atoms with van der Waals surface area (Å²) in [4.78, 5) is 49.8. The summed E-state index contributed by atoms with van der Waals surface area (Å²) in [6.45, 7) is 4.93. The summed E-state index contributed by atoms with van der Waals surface area (Å²) in [6.07, 6.45) is -0.314.